The molecule has 1 amide bonds. The lowest BCUT2D eigenvalue weighted by Crippen LogP contribution is -2.44. The van der Waals surface area contributed by atoms with Gasteiger partial charge in [-0.05, 0) is 25.0 Å². The summed E-state index contributed by atoms with van der Waals surface area (Å²) >= 11 is 0. The molecule has 0 aliphatic rings. The molecule has 0 spiro atoms. The van der Waals surface area contributed by atoms with Crippen LogP contribution in [0.15, 0.2) is 24.3 Å². The van der Waals surface area contributed by atoms with Gasteiger partial charge in [-0.15, -0.1) is 0 Å². The van der Waals surface area contributed by atoms with Gasteiger partial charge in [0.1, 0.15) is 6.04 Å². The molecule has 0 heterocycles. The molecule has 0 aliphatic heterocycles. The SMILES string of the molecule is CCCNC(=O)C(C)N(C)c1ccccc1CN. The number of likely N-dealkylation sites (N-methyl/N-ethyl adjacent to an activating group) is 1. The van der Waals surface area contributed by atoms with Gasteiger partial charge in [-0.1, -0.05) is 25.1 Å². The second kappa shape index (κ2) is 7.01. The van der Waals surface area contributed by atoms with Crippen LogP contribution in [0.1, 0.15) is 25.8 Å². The van der Waals surface area contributed by atoms with Crippen LogP contribution in [0.4, 0.5) is 5.69 Å². The Bertz CT molecular complexity index is 392. The van der Waals surface area contributed by atoms with Gasteiger partial charge in [0, 0.05) is 25.8 Å². The van der Waals surface area contributed by atoms with Crippen LogP contribution >= 0.6 is 0 Å². The van der Waals surface area contributed by atoms with Gasteiger partial charge in [0.15, 0.2) is 0 Å². The third kappa shape index (κ3) is 3.47. The molecule has 1 rings (SSSR count). The monoisotopic (exact) mass is 249 g/mol. The summed E-state index contributed by atoms with van der Waals surface area (Å²) in [5.74, 6) is 0.0474. The van der Waals surface area contributed by atoms with E-state index in [1.165, 1.54) is 0 Å². The zero-order valence-corrected chi connectivity index (χ0v) is 11.4. The predicted octanol–water partition coefficient (Wildman–Crippen LogP) is 1.50. The number of nitrogens with one attached hydrogen (secondary N) is 1. The van der Waals surface area contributed by atoms with E-state index in [1.54, 1.807) is 0 Å². The van der Waals surface area contributed by atoms with Crippen LogP contribution < -0.4 is 16.0 Å². The number of benzene rings is 1. The Labute approximate surface area is 109 Å². The van der Waals surface area contributed by atoms with E-state index >= 15 is 0 Å². The van der Waals surface area contributed by atoms with Crippen molar-refractivity contribution in [2.24, 2.45) is 5.73 Å². The van der Waals surface area contributed by atoms with Crippen molar-refractivity contribution in [1.82, 2.24) is 5.32 Å². The van der Waals surface area contributed by atoms with E-state index in [4.69, 9.17) is 5.73 Å². The van der Waals surface area contributed by atoms with E-state index in [9.17, 15) is 4.79 Å². The maximum atomic E-state index is 11.9. The van der Waals surface area contributed by atoms with Crippen molar-refractivity contribution in [2.75, 3.05) is 18.5 Å². The number of para-hydroxylation sites is 1. The standard InChI is InChI=1S/C14H23N3O/c1-4-9-16-14(18)11(2)17(3)13-8-6-5-7-12(13)10-15/h5-8,11H,4,9-10,15H2,1-3H3,(H,16,18). The van der Waals surface area contributed by atoms with Gasteiger partial charge in [-0.25, -0.2) is 0 Å². The van der Waals surface area contributed by atoms with Crippen molar-refractivity contribution in [1.29, 1.82) is 0 Å². The molecule has 0 saturated heterocycles. The molecule has 0 aliphatic carbocycles. The summed E-state index contributed by atoms with van der Waals surface area (Å²) in [7, 11) is 1.92. The average molecular weight is 249 g/mol. The van der Waals surface area contributed by atoms with Crippen LogP contribution in [0.2, 0.25) is 0 Å². The minimum atomic E-state index is -0.204. The molecule has 0 saturated carbocycles. The third-order valence-corrected chi connectivity index (χ3v) is 3.10. The number of nitrogens with two attached hydrogens (primary N) is 1. The van der Waals surface area contributed by atoms with Crippen LogP contribution in [0.3, 0.4) is 0 Å². The molecule has 0 fully saturated rings. The number of nitrogens with zero attached hydrogens (tertiary/aromatic N) is 1. The number of rotatable bonds is 6. The largest absolute Gasteiger partial charge is 0.363 e. The van der Waals surface area contributed by atoms with Crippen molar-refractivity contribution < 1.29 is 4.79 Å². The molecule has 1 unspecified atom stereocenters. The number of amides is 1. The molecule has 0 radical (unpaired) electrons. The van der Waals surface area contributed by atoms with Crippen LogP contribution in [0, 0.1) is 0 Å². The average Bonchev–Trinajstić information content (AvgIpc) is 2.42. The normalized spacial score (nSPS) is 12.0. The highest BCUT2D eigenvalue weighted by Crippen LogP contribution is 2.20. The van der Waals surface area contributed by atoms with Gasteiger partial charge >= 0.3 is 0 Å². The lowest BCUT2D eigenvalue weighted by molar-refractivity contribution is -0.121. The van der Waals surface area contributed by atoms with Crippen molar-refractivity contribution in [3.63, 3.8) is 0 Å². The number of hydrogen-bond acceptors (Lipinski definition) is 3. The summed E-state index contributed by atoms with van der Waals surface area (Å²) in [6, 6.07) is 7.70. The number of hydrogen-bond donors (Lipinski definition) is 2. The van der Waals surface area contributed by atoms with Crippen LogP contribution in [0.5, 0.6) is 0 Å². The molecule has 1 aromatic rings. The van der Waals surface area contributed by atoms with Crippen LogP contribution in [-0.2, 0) is 11.3 Å². The second-order valence-corrected chi connectivity index (χ2v) is 4.41. The topological polar surface area (TPSA) is 58.4 Å². The fraction of sp³-hybridized carbons (Fsp3) is 0.500. The van der Waals surface area contributed by atoms with E-state index in [1.807, 2.05) is 50.1 Å². The highest BCUT2D eigenvalue weighted by atomic mass is 16.2. The number of anilines is 1. The van der Waals surface area contributed by atoms with Gasteiger partial charge in [0.25, 0.3) is 0 Å². The molecule has 0 bridgehead atoms. The molecule has 18 heavy (non-hydrogen) atoms. The predicted molar refractivity (Wildman–Crippen MR) is 75.5 cm³/mol. The van der Waals surface area contributed by atoms with E-state index in [-0.39, 0.29) is 11.9 Å². The Morgan fingerprint density at radius 3 is 2.72 bits per heavy atom. The minimum Gasteiger partial charge on any atom is -0.363 e. The Morgan fingerprint density at radius 1 is 1.44 bits per heavy atom. The lowest BCUT2D eigenvalue weighted by Gasteiger charge is -2.28. The first-order valence-electron chi connectivity index (χ1n) is 6.40. The summed E-state index contributed by atoms with van der Waals surface area (Å²) < 4.78 is 0. The van der Waals surface area contributed by atoms with E-state index in [0.717, 1.165) is 24.2 Å². The highest BCUT2D eigenvalue weighted by Gasteiger charge is 2.19. The Morgan fingerprint density at radius 2 is 2.11 bits per heavy atom. The molecule has 3 N–H and O–H groups in total. The van der Waals surface area contributed by atoms with Gasteiger partial charge in [0.2, 0.25) is 5.91 Å². The van der Waals surface area contributed by atoms with Crippen LogP contribution in [-0.4, -0.2) is 25.5 Å². The van der Waals surface area contributed by atoms with E-state index in [2.05, 4.69) is 5.32 Å². The van der Waals surface area contributed by atoms with Crippen molar-refractivity contribution in [2.45, 2.75) is 32.9 Å². The summed E-state index contributed by atoms with van der Waals surface area (Å²) in [6.07, 6.45) is 0.946. The molecule has 1 atom stereocenters. The molecule has 0 aromatic heterocycles. The number of carbonyl (C=O) groups is 1. The van der Waals surface area contributed by atoms with Gasteiger partial charge in [0.05, 0.1) is 0 Å². The van der Waals surface area contributed by atoms with E-state index in [0.29, 0.717) is 6.54 Å². The molecular formula is C14H23N3O. The number of carbonyl (C=O) groups excluding carboxylic acids is 1. The smallest absolute Gasteiger partial charge is 0.242 e. The first kappa shape index (κ1) is 14.5. The van der Waals surface area contributed by atoms with Crippen molar-refractivity contribution >= 4 is 11.6 Å². The first-order valence-corrected chi connectivity index (χ1v) is 6.40. The highest BCUT2D eigenvalue weighted by molar-refractivity contribution is 5.85. The first-order chi connectivity index (χ1) is 8.61. The van der Waals surface area contributed by atoms with Gasteiger partial charge < -0.3 is 16.0 Å². The lowest BCUT2D eigenvalue weighted by atomic mass is 10.1. The molecule has 4 nitrogen and oxygen atoms in total. The van der Waals surface area contributed by atoms with E-state index < -0.39 is 0 Å². The Hall–Kier alpha value is -1.55. The fourth-order valence-corrected chi connectivity index (χ4v) is 1.81. The zero-order valence-electron chi connectivity index (χ0n) is 11.4. The molecule has 4 heteroatoms. The summed E-state index contributed by atoms with van der Waals surface area (Å²) in [5, 5.41) is 2.91. The van der Waals surface area contributed by atoms with Crippen molar-refractivity contribution in [3.8, 4) is 0 Å². The van der Waals surface area contributed by atoms with Crippen molar-refractivity contribution in [3.05, 3.63) is 29.8 Å². The quantitative estimate of drug-likeness (QED) is 0.803. The second-order valence-electron chi connectivity index (χ2n) is 4.41. The summed E-state index contributed by atoms with van der Waals surface area (Å²) in [5.41, 5.74) is 7.78. The molecule has 1 aromatic carbocycles. The maximum Gasteiger partial charge on any atom is 0.242 e. The summed E-state index contributed by atoms with van der Waals surface area (Å²) in [6.45, 7) is 5.13. The van der Waals surface area contributed by atoms with Crippen LogP contribution in [0.25, 0.3) is 0 Å². The van der Waals surface area contributed by atoms with Gasteiger partial charge in [-0.2, -0.15) is 0 Å². The Kier molecular flexibility index (Phi) is 5.65. The maximum absolute atomic E-state index is 11.9. The van der Waals surface area contributed by atoms with Gasteiger partial charge in [-0.3, -0.25) is 4.79 Å². The minimum absolute atomic E-state index is 0.0474. The summed E-state index contributed by atoms with van der Waals surface area (Å²) in [4.78, 5) is 13.9. The third-order valence-electron chi connectivity index (χ3n) is 3.10. The zero-order chi connectivity index (χ0) is 13.5. The fourth-order valence-electron chi connectivity index (χ4n) is 1.81. The Balaban J connectivity index is 2.79. The molecular weight excluding hydrogens is 226 g/mol. The molecule has 100 valence electrons.